The number of carbonyl (C=O) groups is 2. The Morgan fingerprint density at radius 1 is 0.506 bits per heavy atom. The first-order chi connectivity index (χ1) is 39.7. The Morgan fingerprint density at radius 2 is 0.926 bits per heavy atom. The number of hydrogen-bond donors (Lipinski definition) is 6. The fraction of sp³-hybridized carbons (Fsp3) is 0.714. The fourth-order valence-electron chi connectivity index (χ4n) is 9.53. The van der Waals surface area contributed by atoms with Gasteiger partial charge in [-0.2, -0.15) is 0 Å². The molecule has 8 atom stereocenters. The van der Waals surface area contributed by atoms with Crippen LogP contribution in [0.5, 0.6) is 0 Å². The zero-order valence-electron chi connectivity index (χ0n) is 51.4. The lowest BCUT2D eigenvalue weighted by molar-refractivity contribution is -0.305. The first-order valence-electron chi connectivity index (χ1n) is 32.7. The van der Waals surface area contributed by atoms with E-state index in [2.05, 4.69) is 123 Å². The third-order valence-electron chi connectivity index (χ3n) is 14.7. The van der Waals surface area contributed by atoms with Gasteiger partial charge in [0, 0.05) is 6.42 Å². The van der Waals surface area contributed by atoms with Crippen LogP contribution in [0.2, 0.25) is 0 Å². The molecule has 0 saturated carbocycles. The van der Waals surface area contributed by atoms with Gasteiger partial charge in [-0.25, -0.2) is 0 Å². The normalized spacial score (nSPS) is 19.4. The molecule has 0 aromatic heterocycles. The molecular formula is C70H119NO10. The van der Waals surface area contributed by atoms with Crippen LogP contribution in [0.4, 0.5) is 0 Å². The average molecular weight is 1130 g/mol. The van der Waals surface area contributed by atoms with Gasteiger partial charge in [0.2, 0.25) is 5.91 Å². The van der Waals surface area contributed by atoms with Gasteiger partial charge in [0.05, 0.1) is 25.4 Å². The van der Waals surface area contributed by atoms with E-state index in [4.69, 9.17) is 14.2 Å². The number of unbranched alkanes of at least 4 members (excludes halogenated alkanes) is 25. The van der Waals surface area contributed by atoms with Gasteiger partial charge in [-0.1, -0.05) is 259 Å². The van der Waals surface area contributed by atoms with Crippen molar-refractivity contribution in [1.82, 2.24) is 5.32 Å². The number of ether oxygens (including phenoxy) is 3. The lowest BCUT2D eigenvalue weighted by atomic mass is 9.99. The van der Waals surface area contributed by atoms with Crippen molar-refractivity contribution in [2.75, 3.05) is 13.2 Å². The highest BCUT2D eigenvalue weighted by molar-refractivity contribution is 5.80. The second-order valence-electron chi connectivity index (χ2n) is 22.1. The average Bonchev–Trinajstić information content (AvgIpc) is 3.46. The van der Waals surface area contributed by atoms with Crippen LogP contribution in [0.15, 0.2) is 109 Å². The van der Waals surface area contributed by atoms with E-state index in [9.17, 15) is 35.1 Å². The molecule has 6 N–H and O–H groups in total. The van der Waals surface area contributed by atoms with Crippen LogP contribution in [-0.4, -0.2) is 99.6 Å². The van der Waals surface area contributed by atoms with E-state index in [1.54, 1.807) is 6.08 Å². The highest BCUT2D eigenvalue weighted by Crippen LogP contribution is 2.26. The molecule has 1 saturated heterocycles. The highest BCUT2D eigenvalue weighted by atomic mass is 16.7. The molecule has 11 nitrogen and oxygen atoms in total. The summed E-state index contributed by atoms with van der Waals surface area (Å²) < 4.78 is 17.6. The van der Waals surface area contributed by atoms with E-state index in [0.29, 0.717) is 12.8 Å². The maximum absolute atomic E-state index is 13.5. The second kappa shape index (κ2) is 56.8. The van der Waals surface area contributed by atoms with E-state index in [0.717, 1.165) is 135 Å². The number of hydrogen-bond acceptors (Lipinski definition) is 10. The summed E-state index contributed by atoms with van der Waals surface area (Å²) in [4.78, 5) is 26.6. The number of amides is 1. The maximum atomic E-state index is 13.5. The van der Waals surface area contributed by atoms with Crippen molar-refractivity contribution in [1.29, 1.82) is 0 Å². The predicted molar refractivity (Wildman–Crippen MR) is 338 cm³/mol. The van der Waals surface area contributed by atoms with Gasteiger partial charge >= 0.3 is 5.97 Å². The lowest BCUT2D eigenvalue weighted by Gasteiger charge is -2.41. The predicted octanol–water partition coefficient (Wildman–Crippen LogP) is 16.1. The van der Waals surface area contributed by atoms with E-state index < -0.39 is 67.4 Å². The molecule has 11 heteroatoms. The quantitative estimate of drug-likeness (QED) is 0.0149. The van der Waals surface area contributed by atoms with Gasteiger partial charge in [-0.15, -0.1) is 0 Å². The molecule has 1 rings (SSSR count). The summed E-state index contributed by atoms with van der Waals surface area (Å²) in [5.74, 6) is -1.23. The van der Waals surface area contributed by atoms with Crippen LogP contribution in [0.3, 0.4) is 0 Å². The minimum absolute atomic E-state index is 0.103. The number of nitrogens with one attached hydrogen (secondary N) is 1. The first-order valence-corrected chi connectivity index (χ1v) is 32.7. The van der Waals surface area contributed by atoms with Crippen LogP contribution >= 0.6 is 0 Å². The van der Waals surface area contributed by atoms with Crippen molar-refractivity contribution < 1.29 is 49.3 Å². The van der Waals surface area contributed by atoms with Crippen LogP contribution in [0.25, 0.3) is 0 Å². The van der Waals surface area contributed by atoms with E-state index in [-0.39, 0.29) is 19.4 Å². The topological polar surface area (TPSA) is 175 Å². The summed E-state index contributed by atoms with van der Waals surface area (Å²) in [5.41, 5.74) is 0. The van der Waals surface area contributed by atoms with Gasteiger partial charge < -0.3 is 45.1 Å². The summed E-state index contributed by atoms with van der Waals surface area (Å²) in [6, 6.07) is -1.04. The van der Waals surface area contributed by atoms with Gasteiger partial charge in [0.1, 0.15) is 24.4 Å². The molecule has 464 valence electrons. The molecule has 1 heterocycles. The number of rotatable bonds is 54. The molecule has 0 aromatic rings. The van der Waals surface area contributed by atoms with Crippen molar-refractivity contribution in [2.45, 2.75) is 307 Å². The zero-order chi connectivity index (χ0) is 58.9. The third-order valence-corrected chi connectivity index (χ3v) is 14.7. The monoisotopic (exact) mass is 1130 g/mol. The molecule has 8 unspecified atom stereocenters. The minimum atomic E-state index is -1.63. The van der Waals surface area contributed by atoms with Crippen molar-refractivity contribution >= 4 is 11.9 Å². The fourth-order valence-corrected chi connectivity index (χ4v) is 9.53. The first kappa shape index (κ1) is 75.3. The van der Waals surface area contributed by atoms with Crippen LogP contribution in [-0.2, 0) is 23.8 Å². The molecule has 0 radical (unpaired) electrons. The summed E-state index contributed by atoms with van der Waals surface area (Å²) in [5, 5.41) is 57.1. The van der Waals surface area contributed by atoms with E-state index in [1.807, 2.05) is 6.08 Å². The van der Waals surface area contributed by atoms with Gasteiger partial charge in [0.25, 0.3) is 0 Å². The molecule has 1 aliphatic rings. The molecule has 1 fully saturated rings. The van der Waals surface area contributed by atoms with Crippen molar-refractivity contribution in [3.05, 3.63) is 109 Å². The Labute approximate surface area is 494 Å². The summed E-state index contributed by atoms with van der Waals surface area (Å²) in [7, 11) is 0. The number of carbonyl (C=O) groups excluding carboxylic acids is 2. The van der Waals surface area contributed by atoms with Crippen LogP contribution in [0.1, 0.15) is 258 Å². The number of aliphatic hydroxyl groups excluding tert-OH is 5. The van der Waals surface area contributed by atoms with Crippen LogP contribution < -0.4 is 5.32 Å². The SMILES string of the molecule is CC/C=C\C/C=C\C/C=C\C/C=C\C/C=C\C/C=C\CCCCCCCC(O)C(=O)NC(COC1OC(CO)C(O)C(O)C1OC(=O)CCCCCCCC/C=C/C=C/CCCCC)C(O)/C=C/CCCCCCCCCCCCC. The molecule has 0 bridgehead atoms. The summed E-state index contributed by atoms with van der Waals surface area (Å²) >= 11 is 0. The molecule has 1 amide bonds. The zero-order valence-corrected chi connectivity index (χ0v) is 51.4. The Hall–Kier alpha value is -3.68. The summed E-state index contributed by atoms with van der Waals surface area (Å²) in [6.45, 7) is 5.63. The Balaban J connectivity index is 2.68. The standard InChI is InChI=1S/C70H119NO10/c1-4-7-10-13-16-19-22-25-27-28-29-30-31-32-33-34-35-37-39-42-45-48-51-54-57-63(74)69(78)71-61(62(73)56-53-50-47-44-41-38-24-21-18-15-12-9-6-3)60-79-70-68(67(77)66(76)64(59-72)80-70)81-65(75)58-55-52-49-46-43-40-36-26-23-20-17-14-11-8-5-2/h7,10,16-17,19-20,23,25-27,29-30,32-33,35,37,53,56,61-64,66-68,70,72-74,76-77H,4-6,8-9,11-15,18,21-22,24,28,31,34,36,38-52,54-55,57-60H2,1-3H3,(H,71,78)/b10-7-,19-16-,20-17+,26-23+,27-25-,30-29-,33-32-,37-35-,56-53+. The van der Waals surface area contributed by atoms with Gasteiger partial charge in [-0.05, 0) is 103 Å². The van der Waals surface area contributed by atoms with Crippen molar-refractivity contribution in [2.24, 2.45) is 0 Å². The van der Waals surface area contributed by atoms with Gasteiger partial charge in [0.15, 0.2) is 12.4 Å². The van der Waals surface area contributed by atoms with Crippen molar-refractivity contribution in [3.63, 3.8) is 0 Å². The molecule has 0 aliphatic carbocycles. The molecule has 81 heavy (non-hydrogen) atoms. The second-order valence-corrected chi connectivity index (χ2v) is 22.1. The van der Waals surface area contributed by atoms with Gasteiger partial charge in [-0.3, -0.25) is 9.59 Å². The van der Waals surface area contributed by atoms with Crippen LogP contribution in [0, 0.1) is 0 Å². The highest BCUT2D eigenvalue weighted by Gasteiger charge is 2.47. The number of esters is 1. The molecule has 0 aromatic carbocycles. The maximum Gasteiger partial charge on any atom is 0.306 e. The third kappa shape index (κ3) is 44.5. The number of aliphatic hydroxyl groups is 5. The molecule has 0 spiro atoms. The minimum Gasteiger partial charge on any atom is -0.454 e. The Bertz CT molecular complexity index is 1730. The van der Waals surface area contributed by atoms with E-state index in [1.165, 1.54) is 77.0 Å². The lowest BCUT2D eigenvalue weighted by Crippen LogP contribution is -2.61. The Morgan fingerprint density at radius 3 is 1.43 bits per heavy atom. The molecular weight excluding hydrogens is 1010 g/mol. The largest absolute Gasteiger partial charge is 0.454 e. The number of allylic oxidation sites excluding steroid dienone is 17. The smallest absolute Gasteiger partial charge is 0.306 e. The van der Waals surface area contributed by atoms with Crippen molar-refractivity contribution in [3.8, 4) is 0 Å². The Kier molecular flexibility index (Phi) is 52.8. The molecule has 1 aliphatic heterocycles. The summed E-state index contributed by atoms with van der Waals surface area (Å²) in [6.07, 6.45) is 66.9. The van der Waals surface area contributed by atoms with E-state index >= 15 is 0 Å².